The Bertz CT molecular complexity index is 394. The number of rotatable bonds is 7. The van der Waals surface area contributed by atoms with E-state index < -0.39 is 0 Å². The average Bonchev–Trinajstić information content (AvgIpc) is 3.32. The highest BCUT2D eigenvalue weighted by molar-refractivity contribution is 5.27. The predicted octanol–water partition coefficient (Wildman–Crippen LogP) is 2.80. The third-order valence-corrected chi connectivity index (χ3v) is 4.22. The molecule has 2 aliphatic rings. The van der Waals surface area contributed by atoms with Gasteiger partial charge in [-0.15, -0.1) is 0 Å². The van der Waals surface area contributed by atoms with Crippen molar-refractivity contribution in [1.82, 2.24) is 10.2 Å². The molecule has 1 N–H and O–H groups in total. The standard InChI is InChI=1S/C17H26N2O/c1-2-10-19(11-3-1)12-13-20-17-8-4-15(5-9-17)14-18-16-6-7-16/h4-5,8-9,16,18H,1-3,6-7,10-14H2. The Kier molecular flexibility index (Phi) is 4.93. The molecule has 0 atom stereocenters. The zero-order valence-corrected chi connectivity index (χ0v) is 12.3. The van der Waals surface area contributed by atoms with E-state index in [9.17, 15) is 0 Å². The minimum atomic E-state index is 0.774. The first kappa shape index (κ1) is 13.9. The van der Waals surface area contributed by atoms with E-state index in [0.29, 0.717) is 0 Å². The van der Waals surface area contributed by atoms with Gasteiger partial charge in [-0.1, -0.05) is 18.6 Å². The highest BCUT2D eigenvalue weighted by Crippen LogP contribution is 2.20. The minimum absolute atomic E-state index is 0.774. The molecule has 1 heterocycles. The Morgan fingerprint density at radius 2 is 1.80 bits per heavy atom. The molecule has 0 radical (unpaired) electrons. The van der Waals surface area contributed by atoms with Crippen molar-refractivity contribution in [2.45, 2.75) is 44.7 Å². The predicted molar refractivity (Wildman–Crippen MR) is 82.1 cm³/mol. The molecule has 1 saturated heterocycles. The second-order valence-electron chi connectivity index (χ2n) is 6.05. The molecule has 0 bridgehead atoms. The number of nitrogens with one attached hydrogen (secondary N) is 1. The Labute approximate surface area is 122 Å². The fraction of sp³-hybridized carbons (Fsp3) is 0.647. The molecule has 1 aliphatic carbocycles. The summed E-state index contributed by atoms with van der Waals surface area (Å²) in [6.07, 6.45) is 6.79. The zero-order valence-electron chi connectivity index (χ0n) is 12.3. The summed E-state index contributed by atoms with van der Waals surface area (Å²) >= 11 is 0. The number of benzene rings is 1. The van der Waals surface area contributed by atoms with Gasteiger partial charge in [0.05, 0.1) is 0 Å². The molecule has 3 nitrogen and oxygen atoms in total. The first-order chi connectivity index (χ1) is 9.90. The van der Waals surface area contributed by atoms with Crippen LogP contribution < -0.4 is 10.1 Å². The normalized spacial score (nSPS) is 20.0. The molecule has 0 spiro atoms. The lowest BCUT2D eigenvalue weighted by molar-refractivity contribution is 0.183. The highest BCUT2D eigenvalue weighted by Gasteiger charge is 2.19. The van der Waals surface area contributed by atoms with Crippen molar-refractivity contribution in [3.63, 3.8) is 0 Å². The first-order valence-electron chi connectivity index (χ1n) is 8.08. The molecule has 0 amide bonds. The van der Waals surface area contributed by atoms with Crippen molar-refractivity contribution in [3.05, 3.63) is 29.8 Å². The van der Waals surface area contributed by atoms with Gasteiger partial charge in [-0.25, -0.2) is 0 Å². The molecule has 0 aromatic heterocycles. The van der Waals surface area contributed by atoms with E-state index >= 15 is 0 Å². The summed E-state index contributed by atoms with van der Waals surface area (Å²) < 4.78 is 5.84. The summed E-state index contributed by atoms with van der Waals surface area (Å²) in [6.45, 7) is 5.34. The molecule has 1 aromatic rings. The smallest absolute Gasteiger partial charge is 0.119 e. The topological polar surface area (TPSA) is 24.5 Å². The number of likely N-dealkylation sites (tertiary alicyclic amines) is 1. The van der Waals surface area contributed by atoms with Gasteiger partial charge in [-0.05, 0) is 56.5 Å². The SMILES string of the molecule is c1cc(OCCN2CCCCC2)ccc1CNC1CC1. The Hall–Kier alpha value is -1.06. The lowest BCUT2D eigenvalue weighted by Crippen LogP contribution is -2.33. The van der Waals surface area contributed by atoms with E-state index in [1.807, 2.05) is 0 Å². The summed E-state index contributed by atoms with van der Waals surface area (Å²) in [6, 6.07) is 9.31. The van der Waals surface area contributed by atoms with Gasteiger partial charge in [-0.3, -0.25) is 4.90 Å². The Morgan fingerprint density at radius 3 is 2.50 bits per heavy atom. The van der Waals surface area contributed by atoms with Crippen LogP contribution in [0, 0.1) is 0 Å². The number of ether oxygens (including phenoxy) is 1. The largest absolute Gasteiger partial charge is 0.492 e. The quantitative estimate of drug-likeness (QED) is 0.827. The van der Waals surface area contributed by atoms with Crippen LogP contribution in [-0.4, -0.2) is 37.2 Å². The van der Waals surface area contributed by atoms with Gasteiger partial charge >= 0.3 is 0 Å². The van der Waals surface area contributed by atoms with Crippen molar-refractivity contribution >= 4 is 0 Å². The first-order valence-corrected chi connectivity index (χ1v) is 8.08. The fourth-order valence-corrected chi connectivity index (χ4v) is 2.73. The molecule has 1 saturated carbocycles. The van der Waals surface area contributed by atoms with E-state index in [1.54, 1.807) is 0 Å². The van der Waals surface area contributed by atoms with Gasteiger partial charge in [0.1, 0.15) is 12.4 Å². The molecule has 110 valence electrons. The van der Waals surface area contributed by atoms with Crippen molar-refractivity contribution < 1.29 is 4.74 Å². The van der Waals surface area contributed by atoms with Gasteiger partial charge in [-0.2, -0.15) is 0 Å². The van der Waals surface area contributed by atoms with Crippen molar-refractivity contribution in [2.24, 2.45) is 0 Å². The van der Waals surface area contributed by atoms with Crippen LogP contribution in [-0.2, 0) is 6.54 Å². The minimum Gasteiger partial charge on any atom is -0.492 e. The number of piperidine rings is 1. The Balaban J connectivity index is 1.36. The summed E-state index contributed by atoms with van der Waals surface area (Å²) in [7, 11) is 0. The molecular weight excluding hydrogens is 248 g/mol. The number of hydrogen-bond donors (Lipinski definition) is 1. The molecule has 1 aliphatic heterocycles. The molecule has 1 aromatic carbocycles. The van der Waals surface area contributed by atoms with Crippen LogP contribution in [0.2, 0.25) is 0 Å². The van der Waals surface area contributed by atoms with Crippen LogP contribution in [0.25, 0.3) is 0 Å². The second kappa shape index (κ2) is 7.09. The van der Waals surface area contributed by atoms with Gasteiger partial charge in [0.2, 0.25) is 0 Å². The van der Waals surface area contributed by atoms with E-state index in [1.165, 1.54) is 50.8 Å². The van der Waals surface area contributed by atoms with Crippen LogP contribution in [0.4, 0.5) is 0 Å². The van der Waals surface area contributed by atoms with Gasteiger partial charge in [0, 0.05) is 19.1 Å². The third-order valence-electron chi connectivity index (χ3n) is 4.22. The fourth-order valence-electron chi connectivity index (χ4n) is 2.73. The maximum Gasteiger partial charge on any atom is 0.119 e. The van der Waals surface area contributed by atoms with Gasteiger partial charge in [0.25, 0.3) is 0 Å². The van der Waals surface area contributed by atoms with Crippen molar-refractivity contribution in [2.75, 3.05) is 26.2 Å². The third kappa shape index (κ3) is 4.50. The van der Waals surface area contributed by atoms with E-state index in [2.05, 4.69) is 34.5 Å². The lowest BCUT2D eigenvalue weighted by atomic mass is 10.1. The van der Waals surface area contributed by atoms with E-state index in [-0.39, 0.29) is 0 Å². The molecular formula is C17H26N2O. The number of nitrogens with zero attached hydrogens (tertiary/aromatic N) is 1. The molecule has 2 fully saturated rings. The highest BCUT2D eigenvalue weighted by atomic mass is 16.5. The maximum atomic E-state index is 5.84. The van der Waals surface area contributed by atoms with E-state index in [0.717, 1.165) is 31.5 Å². The van der Waals surface area contributed by atoms with Crippen LogP contribution in [0.3, 0.4) is 0 Å². The molecule has 3 rings (SSSR count). The Morgan fingerprint density at radius 1 is 1.05 bits per heavy atom. The molecule has 20 heavy (non-hydrogen) atoms. The van der Waals surface area contributed by atoms with Crippen LogP contribution in [0.5, 0.6) is 5.75 Å². The number of hydrogen-bond acceptors (Lipinski definition) is 3. The van der Waals surface area contributed by atoms with Gasteiger partial charge < -0.3 is 10.1 Å². The summed E-state index contributed by atoms with van der Waals surface area (Å²) in [5.74, 6) is 0.997. The summed E-state index contributed by atoms with van der Waals surface area (Å²) in [5.41, 5.74) is 1.35. The van der Waals surface area contributed by atoms with Crippen LogP contribution >= 0.6 is 0 Å². The second-order valence-corrected chi connectivity index (χ2v) is 6.05. The average molecular weight is 274 g/mol. The zero-order chi connectivity index (χ0) is 13.6. The van der Waals surface area contributed by atoms with Gasteiger partial charge in [0.15, 0.2) is 0 Å². The lowest BCUT2D eigenvalue weighted by Gasteiger charge is -2.26. The monoisotopic (exact) mass is 274 g/mol. The van der Waals surface area contributed by atoms with Crippen LogP contribution in [0.1, 0.15) is 37.7 Å². The summed E-state index contributed by atoms with van der Waals surface area (Å²) in [4.78, 5) is 2.51. The van der Waals surface area contributed by atoms with Crippen molar-refractivity contribution in [1.29, 1.82) is 0 Å². The van der Waals surface area contributed by atoms with Crippen LogP contribution in [0.15, 0.2) is 24.3 Å². The molecule has 0 unspecified atom stereocenters. The molecule has 3 heteroatoms. The van der Waals surface area contributed by atoms with Crippen molar-refractivity contribution in [3.8, 4) is 5.75 Å². The van der Waals surface area contributed by atoms with E-state index in [4.69, 9.17) is 4.74 Å². The maximum absolute atomic E-state index is 5.84. The summed E-state index contributed by atoms with van der Waals surface area (Å²) in [5, 5.41) is 3.53.